The topological polar surface area (TPSA) is 272 Å². The van der Waals surface area contributed by atoms with E-state index in [2.05, 4.69) is 43.6 Å². The Hall–Kier alpha value is -7.51. The van der Waals surface area contributed by atoms with E-state index < -0.39 is 52.2 Å². The van der Waals surface area contributed by atoms with Crippen LogP contribution >= 0.6 is 34.3 Å². The zero-order valence-electron chi connectivity index (χ0n) is 51.8. The number of nitrogens with two attached hydrogens (primary N) is 1. The first-order valence-corrected chi connectivity index (χ1v) is 33.4. The third-order valence-electron chi connectivity index (χ3n) is 19.7. The number of hydrogen-bond acceptors (Lipinski definition) is 19. The molecule has 22 nitrogen and oxygen atoms in total. The number of nitrogens with one attached hydrogen (secondary N) is 2. The first-order chi connectivity index (χ1) is 44.1. The van der Waals surface area contributed by atoms with Crippen LogP contribution in [0.2, 0.25) is 5.02 Å². The number of aryl methyl sites for hydroxylation is 1. The highest BCUT2D eigenvalue weighted by atomic mass is 35.5. The van der Waals surface area contributed by atoms with E-state index in [1.54, 1.807) is 22.3 Å². The van der Waals surface area contributed by atoms with Crippen molar-refractivity contribution in [3.8, 4) is 33.6 Å². The number of thiazole rings is 1. The Morgan fingerprint density at radius 3 is 2.60 bits per heavy atom. The molecule has 6 aliphatic rings. The predicted molar refractivity (Wildman–Crippen MR) is 343 cm³/mol. The van der Waals surface area contributed by atoms with Gasteiger partial charge in [0.05, 0.1) is 73.3 Å². The molecule has 9 atom stereocenters. The van der Waals surface area contributed by atoms with Crippen LogP contribution in [0.25, 0.3) is 42.6 Å². The lowest BCUT2D eigenvalue weighted by Gasteiger charge is -2.55. The van der Waals surface area contributed by atoms with Gasteiger partial charge in [0, 0.05) is 68.6 Å². The number of amides is 4. The molecule has 3 aromatic carbocycles. The SMILES string of the molecule is Cc1ncsc1-c1ccc(CNC(=O)[C@@H]2C[C@@H](O)CN2C(=O)[C@@H](NC(=O)CC2CCC(CCO[C@H]3CN4CCC[C@@]4(COc4nc(N5CC[C@]6(C5)[C@@H](C)CN6C(=O)n5cncn5)c5cc(Cl)c(-c6ccc(F)c7sc(N)c(C#N)c67)c(F)c5n4)C3)O2)C(C)(C)C)cc1. The molecule has 27 heteroatoms. The van der Waals surface area contributed by atoms with Gasteiger partial charge in [0.25, 0.3) is 0 Å². The van der Waals surface area contributed by atoms with Crippen molar-refractivity contribution in [1.29, 1.82) is 5.26 Å². The second kappa shape index (κ2) is 25.1. The number of rotatable bonds is 17. The van der Waals surface area contributed by atoms with Gasteiger partial charge in [-0.2, -0.15) is 25.0 Å². The first kappa shape index (κ1) is 63.3. The summed E-state index contributed by atoms with van der Waals surface area (Å²) < 4.78 is 54.1. The van der Waals surface area contributed by atoms with E-state index in [4.69, 9.17) is 41.5 Å². The van der Waals surface area contributed by atoms with E-state index in [9.17, 15) is 29.5 Å². The number of anilines is 2. The highest BCUT2D eigenvalue weighted by Gasteiger charge is 2.58. The molecule has 4 amide bonds. The first-order valence-electron chi connectivity index (χ1n) is 31.3. The number of carbonyl (C=O) groups is 4. The zero-order chi connectivity index (χ0) is 64.5. The van der Waals surface area contributed by atoms with Crippen LogP contribution in [0.5, 0.6) is 6.01 Å². The van der Waals surface area contributed by atoms with Crippen LogP contribution in [0.1, 0.15) is 102 Å². The molecule has 0 radical (unpaired) electrons. The van der Waals surface area contributed by atoms with Gasteiger partial charge in [-0.25, -0.2) is 23.5 Å². The van der Waals surface area contributed by atoms with E-state index >= 15 is 8.78 Å². The molecule has 1 spiro atoms. The van der Waals surface area contributed by atoms with Crippen LogP contribution in [-0.2, 0) is 30.4 Å². The summed E-state index contributed by atoms with van der Waals surface area (Å²) in [4.78, 5) is 82.4. The maximum absolute atomic E-state index is 17.8. The number of likely N-dealkylation sites (tertiary alicyclic amines) is 2. The summed E-state index contributed by atoms with van der Waals surface area (Å²) in [6, 6.07) is 11.9. The lowest BCUT2D eigenvalue weighted by molar-refractivity contribution is -0.144. The van der Waals surface area contributed by atoms with E-state index in [0.717, 1.165) is 58.8 Å². The molecule has 0 saturated carbocycles. The third-order valence-corrected chi connectivity index (χ3v) is 22.0. The second-order valence-electron chi connectivity index (χ2n) is 26.6. The van der Waals surface area contributed by atoms with E-state index in [0.29, 0.717) is 69.7 Å². The number of hydrogen-bond donors (Lipinski definition) is 4. The molecule has 6 saturated heterocycles. The largest absolute Gasteiger partial charge is 0.461 e. The summed E-state index contributed by atoms with van der Waals surface area (Å²) in [6.07, 6.45) is 6.24. The fraction of sp³-hybridized carbons (Fsp3) is 0.508. The minimum Gasteiger partial charge on any atom is -0.461 e. The van der Waals surface area contributed by atoms with E-state index in [1.165, 1.54) is 34.4 Å². The van der Waals surface area contributed by atoms with Crippen molar-refractivity contribution in [2.75, 3.05) is 63.1 Å². The molecule has 0 aliphatic carbocycles. The average molecular weight is 1320 g/mol. The normalized spacial score (nSPS) is 25.0. The maximum Gasteiger partial charge on any atom is 0.346 e. The fourth-order valence-electron chi connectivity index (χ4n) is 14.8. The predicted octanol–water partition coefficient (Wildman–Crippen LogP) is 8.63. The lowest BCUT2D eigenvalue weighted by atomic mass is 9.74. The van der Waals surface area contributed by atoms with Crippen molar-refractivity contribution >= 4 is 89.8 Å². The maximum atomic E-state index is 17.8. The Labute approximate surface area is 543 Å². The van der Waals surface area contributed by atoms with E-state index in [-0.39, 0.29) is 123 Å². The van der Waals surface area contributed by atoms with Gasteiger partial charge in [-0.05, 0) is 98.6 Å². The molecular formula is C65H73ClF2N14O8S2. The van der Waals surface area contributed by atoms with Gasteiger partial charge >= 0.3 is 12.0 Å². The number of carbonyl (C=O) groups excluding carboxylic acids is 4. The molecule has 7 aromatic rings. The van der Waals surface area contributed by atoms with Crippen molar-refractivity contribution in [3.63, 3.8) is 0 Å². The summed E-state index contributed by atoms with van der Waals surface area (Å²) >= 11 is 9.54. The highest BCUT2D eigenvalue weighted by molar-refractivity contribution is 7.23. The van der Waals surface area contributed by atoms with Crippen LogP contribution in [0, 0.1) is 41.2 Å². The smallest absolute Gasteiger partial charge is 0.346 e. The van der Waals surface area contributed by atoms with Gasteiger partial charge < -0.3 is 50.4 Å². The average Bonchev–Trinajstić information content (AvgIpc) is 1.42. The molecule has 484 valence electrons. The number of halogens is 3. The highest BCUT2D eigenvalue weighted by Crippen LogP contribution is 2.49. The number of benzene rings is 3. The summed E-state index contributed by atoms with van der Waals surface area (Å²) in [6.45, 7) is 13.3. The molecule has 10 heterocycles. The van der Waals surface area contributed by atoms with Gasteiger partial charge in [-0.3, -0.25) is 19.3 Å². The molecule has 0 bridgehead atoms. The summed E-state index contributed by atoms with van der Waals surface area (Å²) in [5.41, 5.74) is 9.16. The Bertz CT molecular complexity index is 4050. The number of aliphatic hydroxyl groups is 1. The molecular weight excluding hydrogens is 1240 g/mol. The van der Waals surface area contributed by atoms with Crippen molar-refractivity contribution in [2.45, 2.75) is 147 Å². The van der Waals surface area contributed by atoms with Crippen molar-refractivity contribution in [1.82, 2.24) is 55.0 Å². The molecule has 5 N–H and O–H groups in total. The van der Waals surface area contributed by atoms with Crippen LogP contribution in [0.15, 0.2) is 60.6 Å². The standard InChI is InChI=1S/C65H73ClF2N14O8S2/c1-35-27-81(62(87)82-33-71-32-74-82)65(35)17-19-78(30-65)58-44-23-46(66)51(43-13-14-47(67)55-50(43)45(25-69)57(70)92-55)52(68)53(44)76-61(77-58)89-31-64-16-6-18-79(64)29-42(24-64)88-20-15-40-11-12-41(90-40)22-49(84)75-56(63(3,4)5)60(86)80-28-39(83)21-48(80)59(85)72-26-37-7-9-38(10-8-37)54-36(2)73-34-91-54/h7-10,13-14,23,32-35,39-42,48,56,83H,6,11-12,15-22,24,26-31,70H2,1-5H3,(H,72,85)(H,75,84)/t35-,39+,40?,41?,42+,48-,56+,64-,65-/m0/s1. The quantitative estimate of drug-likeness (QED) is 0.0664. The molecule has 13 rings (SSSR count). The summed E-state index contributed by atoms with van der Waals surface area (Å²) in [5, 5.41) is 31.5. The molecule has 6 fully saturated rings. The van der Waals surface area contributed by atoms with Gasteiger partial charge in [-0.15, -0.1) is 22.7 Å². The van der Waals surface area contributed by atoms with Crippen LogP contribution in [0.4, 0.5) is 24.4 Å². The fourth-order valence-corrected chi connectivity index (χ4v) is 16.9. The van der Waals surface area contributed by atoms with Gasteiger partial charge in [0.1, 0.15) is 59.6 Å². The molecule has 4 aromatic heterocycles. The van der Waals surface area contributed by atoms with Crippen molar-refractivity contribution < 1.29 is 47.3 Å². The van der Waals surface area contributed by atoms with Gasteiger partial charge in [0.2, 0.25) is 17.7 Å². The Kier molecular flexibility index (Phi) is 17.2. The third kappa shape index (κ3) is 11.8. The Morgan fingerprint density at radius 2 is 1.86 bits per heavy atom. The van der Waals surface area contributed by atoms with Crippen molar-refractivity contribution in [2.24, 2.45) is 11.3 Å². The minimum atomic E-state index is -0.974. The van der Waals surface area contributed by atoms with Gasteiger partial charge in [-0.1, -0.05) is 69.6 Å². The van der Waals surface area contributed by atoms with Crippen LogP contribution in [0.3, 0.4) is 0 Å². The number of thiophene rings is 1. The van der Waals surface area contributed by atoms with Crippen LogP contribution in [-0.4, -0.2) is 173 Å². The molecule has 92 heavy (non-hydrogen) atoms. The monoisotopic (exact) mass is 1310 g/mol. The number of aliphatic hydroxyl groups excluding tert-OH is 1. The number of nitrogens with zero attached hydrogens (tertiary/aromatic N) is 11. The second-order valence-corrected chi connectivity index (χ2v) is 28.9. The summed E-state index contributed by atoms with van der Waals surface area (Å²) in [5.74, 6) is -2.10. The number of β-amino-alcohol motifs (C(OH)–C–C–N with tert-alkyl or cyclic N) is 1. The van der Waals surface area contributed by atoms with Crippen LogP contribution < -0.4 is 26.0 Å². The Morgan fingerprint density at radius 1 is 1.05 bits per heavy atom. The molecule has 2 unspecified atom stereocenters. The number of fused-ring (bicyclic) bond motifs is 3. The number of aromatic nitrogens is 6. The molecule has 6 aliphatic heterocycles. The van der Waals surface area contributed by atoms with Crippen molar-refractivity contribution in [3.05, 3.63) is 94.1 Å². The zero-order valence-corrected chi connectivity index (χ0v) is 54.2. The van der Waals surface area contributed by atoms with E-state index in [1.807, 2.05) is 62.4 Å². The number of nitriles is 1. The minimum absolute atomic E-state index is 0.0137. The lowest BCUT2D eigenvalue weighted by Crippen LogP contribution is -2.70. The summed E-state index contributed by atoms with van der Waals surface area (Å²) in [7, 11) is 0. The van der Waals surface area contributed by atoms with Gasteiger partial charge in [0.15, 0.2) is 5.82 Å². The number of nitrogen functional groups attached to an aromatic ring is 1. The Balaban J connectivity index is 0.645. The number of ether oxygens (including phenoxy) is 3.